The van der Waals surface area contributed by atoms with Crippen molar-refractivity contribution in [3.8, 4) is 33.8 Å². The second-order valence-corrected chi connectivity index (χ2v) is 23.9. The van der Waals surface area contributed by atoms with Crippen LogP contribution in [0.15, 0.2) is 110 Å². The van der Waals surface area contributed by atoms with Crippen molar-refractivity contribution in [2.75, 3.05) is 39.3 Å². The zero-order chi connectivity index (χ0) is 60.3. The van der Waals surface area contributed by atoms with Gasteiger partial charge in [-0.25, -0.2) is 37.0 Å². The van der Waals surface area contributed by atoms with Crippen LogP contribution < -0.4 is 10.6 Å². The van der Waals surface area contributed by atoms with Gasteiger partial charge in [-0.3, -0.25) is 4.98 Å². The summed E-state index contributed by atoms with van der Waals surface area (Å²) >= 11 is 0. The van der Waals surface area contributed by atoms with Crippen LogP contribution in [0.3, 0.4) is 0 Å². The van der Waals surface area contributed by atoms with Gasteiger partial charge in [-0.05, 0) is 190 Å². The zero-order valence-electron chi connectivity index (χ0n) is 49.6. The second kappa shape index (κ2) is 23.5. The number of fused-ring (bicyclic) bond motifs is 6. The maximum absolute atomic E-state index is 15.3. The van der Waals surface area contributed by atoms with E-state index >= 15 is 4.39 Å². The predicted octanol–water partition coefficient (Wildman–Crippen LogP) is 12.5. The largest absolute Gasteiger partial charge is 0.391 e. The number of aromatic nitrogens is 14. The first-order valence-electron chi connectivity index (χ1n) is 30.4. The molecule has 446 valence electrons. The first-order chi connectivity index (χ1) is 42.7. The van der Waals surface area contributed by atoms with Gasteiger partial charge in [-0.1, -0.05) is 13.0 Å². The lowest BCUT2D eigenvalue weighted by Crippen LogP contribution is -2.32. The summed E-state index contributed by atoms with van der Waals surface area (Å²) in [5, 5.41) is 38.7. The zero-order valence-corrected chi connectivity index (χ0v) is 49.6. The average molecular weight is 1180 g/mol. The van der Waals surface area contributed by atoms with Crippen LogP contribution >= 0.6 is 0 Å². The predicted molar refractivity (Wildman–Crippen MR) is 331 cm³/mol. The highest BCUT2D eigenvalue weighted by atomic mass is 19.1. The summed E-state index contributed by atoms with van der Waals surface area (Å²) in [6.45, 7) is 15.8. The molecule has 3 fully saturated rings. The Labute approximate surface area is 504 Å². The summed E-state index contributed by atoms with van der Waals surface area (Å²) in [6, 6.07) is 19.1. The van der Waals surface area contributed by atoms with E-state index in [0.717, 1.165) is 128 Å². The molecule has 88 heavy (non-hydrogen) atoms. The first-order valence-corrected chi connectivity index (χ1v) is 30.4. The molecule has 1 atom stereocenters. The van der Waals surface area contributed by atoms with Crippen LogP contribution in [0, 0.1) is 51.0 Å². The van der Waals surface area contributed by atoms with Crippen LogP contribution in [0.25, 0.3) is 83.4 Å². The molecule has 21 heteroatoms. The summed E-state index contributed by atoms with van der Waals surface area (Å²) in [7, 11) is 0. The molecule has 0 spiro atoms. The average Bonchev–Trinajstić information content (AvgIpc) is 3.38. The van der Waals surface area contributed by atoms with E-state index in [1.807, 2.05) is 90.9 Å². The highest BCUT2D eigenvalue weighted by Crippen LogP contribution is 2.43. The molecule has 16 rings (SSSR count). The van der Waals surface area contributed by atoms with Gasteiger partial charge < -0.3 is 24.3 Å². The number of piperidine rings is 2. The Morgan fingerprint density at radius 3 is 1.76 bits per heavy atom. The van der Waals surface area contributed by atoms with Crippen LogP contribution in [0.4, 0.5) is 17.6 Å². The summed E-state index contributed by atoms with van der Waals surface area (Å²) in [5.41, 5.74) is 14.6. The number of hydrogen-bond donors (Lipinski definition) is 2. The van der Waals surface area contributed by atoms with Gasteiger partial charge in [-0.2, -0.15) is 25.5 Å². The molecule has 1 unspecified atom stereocenters. The van der Waals surface area contributed by atoms with E-state index in [2.05, 4.69) is 79.1 Å². The van der Waals surface area contributed by atoms with Crippen molar-refractivity contribution in [3.63, 3.8) is 0 Å². The number of nitrogens with zero attached hydrogens (tertiary/aromatic N) is 15. The molecule has 2 saturated heterocycles. The molecule has 1 saturated carbocycles. The molecule has 12 heterocycles. The number of rotatable bonds is 8. The van der Waals surface area contributed by atoms with E-state index < -0.39 is 5.82 Å². The van der Waals surface area contributed by atoms with Crippen molar-refractivity contribution in [2.45, 2.75) is 103 Å². The smallest absolute Gasteiger partial charge is 0.173 e. The number of benzene rings is 3. The quantitative estimate of drug-likeness (QED) is 0.137. The molecule has 3 aliphatic heterocycles. The van der Waals surface area contributed by atoms with Gasteiger partial charge in [-0.15, -0.1) is 10.2 Å². The van der Waals surface area contributed by atoms with Crippen molar-refractivity contribution in [1.29, 1.82) is 0 Å². The van der Waals surface area contributed by atoms with Gasteiger partial charge >= 0.3 is 0 Å². The molecule has 0 radical (unpaired) electrons. The SMILES string of the molecule is CCN1CCC(c2cc3c(F)cc(-c4cc(C5CC5)c5nc(C)cn5n4)cc3nn2)CC1.Cc1cn2cc(-c3cc(F)c4cc(C5CCNCC5)nnc4c3)nc2c(C)n1.Cc1cn2cc(-c3cc4c(F)cc(C5C=CNCC5)cc4nn3)cc(F)c2n1. The molecular weight excluding hydrogens is 1120 g/mol. The van der Waals surface area contributed by atoms with Crippen LogP contribution in [0.1, 0.15) is 121 Å². The Kier molecular flexibility index (Phi) is 15.1. The van der Waals surface area contributed by atoms with Crippen molar-refractivity contribution >= 4 is 49.7 Å². The molecule has 0 amide bonds. The van der Waals surface area contributed by atoms with Gasteiger partial charge in [0.15, 0.2) is 22.8 Å². The Morgan fingerprint density at radius 1 is 0.477 bits per heavy atom. The molecule has 12 aromatic rings. The number of likely N-dealkylation sites (tertiary alicyclic amines) is 1. The van der Waals surface area contributed by atoms with Crippen molar-refractivity contribution < 1.29 is 17.6 Å². The normalized spacial score (nSPS) is 16.8. The fraction of sp³-hybridized carbons (Fsp3) is 0.328. The fourth-order valence-corrected chi connectivity index (χ4v) is 12.7. The van der Waals surface area contributed by atoms with Gasteiger partial charge in [0, 0.05) is 87.5 Å². The number of nitrogens with one attached hydrogen (secondary N) is 2. The fourth-order valence-electron chi connectivity index (χ4n) is 12.7. The van der Waals surface area contributed by atoms with Gasteiger partial charge in [0.2, 0.25) is 0 Å². The van der Waals surface area contributed by atoms with Crippen LogP contribution in [0.2, 0.25) is 0 Å². The Morgan fingerprint density at radius 2 is 1.08 bits per heavy atom. The Balaban J connectivity index is 0.000000116. The summed E-state index contributed by atoms with van der Waals surface area (Å²) in [5.74, 6) is 0.00173. The van der Waals surface area contributed by atoms with Gasteiger partial charge in [0.25, 0.3) is 0 Å². The molecule has 17 nitrogen and oxygen atoms in total. The maximum atomic E-state index is 15.3. The summed E-state index contributed by atoms with van der Waals surface area (Å²) < 4.78 is 64.8. The van der Waals surface area contributed by atoms with Crippen molar-refractivity contribution in [3.05, 3.63) is 179 Å². The minimum Gasteiger partial charge on any atom is -0.391 e. The Bertz CT molecular complexity index is 4690. The first kappa shape index (κ1) is 56.6. The molecule has 2 N–H and O–H groups in total. The monoisotopic (exact) mass is 1180 g/mol. The molecule has 9 aromatic heterocycles. The van der Waals surface area contributed by atoms with E-state index in [1.54, 1.807) is 41.9 Å². The lowest BCUT2D eigenvalue weighted by atomic mass is 9.92. The van der Waals surface area contributed by atoms with E-state index in [4.69, 9.17) is 5.10 Å². The van der Waals surface area contributed by atoms with Gasteiger partial charge in [0.05, 0.1) is 74.0 Å². The molecule has 0 bridgehead atoms. The maximum Gasteiger partial charge on any atom is 0.173 e. The molecule has 3 aromatic carbocycles. The highest BCUT2D eigenvalue weighted by molar-refractivity contribution is 5.86. The summed E-state index contributed by atoms with van der Waals surface area (Å²) in [4.78, 5) is 20.3. The molecule has 4 aliphatic rings. The molecule has 1 aliphatic carbocycles. The third kappa shape index (κ3) is 11.4. The van der Waals surface area contributed by atoms with Gasteiger partial charge in [0.1, 0.15) is 17.5 Å². The van der Waals surface area contributed by atoms with Crippen LogP contribution in [0.5, 0.6) is 0 Å². The van der Waals surface area contributed by atoms with Crippen LogP contribution in [-0.2, 0) is 0 Å². The highest BCUT2D eigenvalue weighted by Gasteiger charge is 2.29. The van der Waals surface area contributed by atoms with E-state index in [-0.39, 0.29) is 29.0 Å². The minimum absolute atomic E-state index is 0.155. The van der Waals surface area contributed by atoms with E-state index in [0.29, 0.717) is 78.7 Å². The third-order valence-electron chi connectivity index (χ3n) is 17.5. The number of halogens is 4. The third-order valence-corrected chi connectivity index (χ3v) is 17.5. The van der Waals surface area contributed by atoms with E-state index in [1.165, 1.54) is 30.5 Å². The topological polar surface area (TPSA) is 182 Å². The standard InChI is InChI=1S/C25H27FN6.C21H17F2N5.C21H21FN6/c1-3-31-8-6-17(7-9-31)22-13-20-21(26)10-18(11-24(20)29-28-22)23-12-19(16-4-5-16)25-27-15(2)14-32(25)30-23;1-12-10-28-11-15(7-18(23)21(28)25-12)19-9-16-17(22)6-14(8-20(16)27-26-19)13-2-4-24-5-3-13;1-12-10-28-11-20(25-21(28)13(2)24-12)15-7-17(22)16-9-18(26-27-19(16)8-15)14-3-5-23-6-4-14/h10-14,16-17H,3-9H2,1-2H3;2,4,6-11,13,24H,3,5H2,1H3;7-11,14,23H,3-6H2,1-2H3. The number of imidazole rings is 3. The number of allylic oxidation sites excluding steroid dienone is 1. The number of aryl methyl sites for hydroxylation is 4. The Hall–Kier alpha value is -9.21. The second-order valence-electron chi connectivity index (χ2n) is 23.9. The van der Waals surface area contributed by atoms with Crippen molar-refractivity contribution in [2.24, 2.45) is 0 Å². The minimum atomic E-state index is -0.457. The van der Waals surface area contributed by atoms with Crippen molar-refractivity contribution in [1.82, 2.24) is 84.5 Å². The van der Waals surface area contributed by atoms with E-state index in [9.17, 15) is 13.2 Å². The lowest BCUT2D eigenvalue weighted by Gasteiger charge is -2.30. The van der Waals surface area contributed by atoms with Crippen LogP contribution in [-0.4, -0.2) is 113 Å². The summed E-state index contributed by atoms with van der Waals surface area (Å²) in [6.07, 6.45) is 20.5. The number of hydrogen-bond acceptors (Lipinski definition) is 14. The lowest BCUT2D eigenvalue weighted by molar-refractivity contribution is 0.220. The molecular formula is C67H65F4N17. The number of pyridine rings is 1.